The van der Waals surface area contributed by atoms with Crippen molar-refractivity contribution in [2.45, 2.75) is 25.8 Å². The van der Waals surface area contributed by atoms with Crippen molar-refractivity contribution in [3.05, 3.63) is 29.0 Å². The van der Waals surface area contributed by atoms with Gasteiger partial charge in [-0.25, -0.2) is 9.18 Å². The smallest absolute Gasteiger partial charge is 0.325 e. The van der Waals surface area contributed by atoms with E-state index < -0.39 is 36.2 Å². The summed E-state index contributed by atoms with van der Waals surface area (Å²) in [5, 5.41) is 4.86. The SMILES string of the molecule is CCC[C@H]1NC(=O)N(CC(=O)Nc2ccc(F)c(Cl)c2)C1=O. The Morgan fingerprint density at radius 2 is 2.18 bits per heavy atom. The number of carbonyl (C=O) groups excluding carboxylic acids is 3. The molecule has 1 atom stereocenters. The Balaban J connectivity index is 1.98. The normalized spacial score (nSPS) is 17.6. The Morgan fingerprint density at radius 3 is 2.82 bits per heavy atom. The van der Waals surface area contributed by atoms with Crippen LogP contribution >= 0.6 is 11.6 Å². The van der Waals surface area contributed by atoms with Crippen LogP contribution in [0.1, 0.15) is 19.8 Å². The van der Waals surface area contributed by atoms with Crippen LogP contribution in [-0.4, -0.2) is 35.3 Å². The van der Waals surface area contributed by atoms with Gasteiger partial charge in [-0.1, -0.05) is 24.9 Å². The van der Waals surface area contributed by atoms with Crippen molar-refractivity contribution in [3.63, 3.8) is 0 Å². The lowest BCUT2D eigenvalue weighted by atomic mass is 10.2. The molecule has 2 N–H and O–H groups in total. The van der Waals surface area contributed by atoms with Crippen molar-refractivity contribution in [2.75, 3.05) is 11.9 Å². The molecule has 0 radical (unpaired) electrons. The molecule has 6 nitrogen and oxygen atoms in total. The molecule has 2 rings (SSSR count). The molecule has 0 spiro atoms. The first-order valence-electron chi connectivity index (χ1n) is 6.79. The zero-order valence-electron chi connectivity index (χ0n) is 11.9. The maximum absolute atomic E-state index is 13.0. The monoisotopic (exact) mass is 327 g/mol. The lowest BCUT2D eigenvalue weighted by Gasteiger charge is -2.13. The molecule has 0 unspecified atom stereocenters. The molecule has 1 fully saturated rings. The largest absolute Gasteiger partial charge is 0.326 e. The quantitative estimate of drug-likeness (QED) is 0.813. The topological polar surface area (TPSA) is 78.5 Å². The van der Waals surface area contributed by atoms with Gasteiger partial charge in [0.1, 0.15) is 18.4 Å². The third-order valence-corrected chi connectivity index (χ3v) is 3.48. The Morgan fingerprint density at radius 1 is 1.45 bits per heavy atom. The molecule has 0 aromatic heterocycles. The molecule has 4 amide bonds. The van der Waals surface area contributed by atoms with Crippen molar-refractivity contribution < 1.29 is 18.8 Å². The van der Waals surface area contributed by atoms with Crippen molar-refractivity contribution in [2.24, 2.45) is 0 Å². The summed E-state index contributed by atoms with van der Waals surface area (Å²) in [6.45, 7) is 1.49. The molecule has 0 bridgehead atoms. The van der Waals surface area contributed by atoms with E-state index >= 15 is 0 Å². The first-order valence-corrected chi connectivity index (χ1v) is 7.17. The number of amides is 4. The van der Waals surface area contributed by atoms with Gasteiger partial charge in [0.2, 0.25) is 5.91 Å². The minimum Gasteiger partial charge on any atom is -0.326 e. The second kappa shape index (κ2) is 6.74. The minimum atomic E-state index is -0.601. The first kappa shape index (κ1) is 16.2. The van der Waals surface area contributed by atoms with Crippen LogP contribution in [0.2, 0.25) is 5.02 Å². The molecule has 22 heavy (non-hydrogen) atoms. The zero-order valence-corrected chi connectivity index (χ0v) is 12.6. The summed E-state index contributed by atoms with van der Waals surface area (Å²) in [5.41, 5.74) is 0.286. The molecule has 1 aromatic carbocycles. The predicted octanol–water partition coefficient (Wildman–Crippen LogP) is 2.14. The third kappa shape index (κ3) is 3.54. The van der Waals surface area contributed by atoms with Crippen LogP contribution < -0.4 is 10.6 Å². The van der Waals surface area contributed by atoms with E-state index in [1.807, 2.05) is 6.92 Å². The van der Waals surface area contributed by atoms with Gasteiger partial charge in [0, 0.05) is 5.69 Å². The van der Waals surface area contributed by atoms with E-state index in [0.717, 1.165) is 17.4 Å². The van der Waals surface area contributed by atoms with Crippen molar-refractivity contribution >= 4 is 35.1 Å². The van der Waals surface area contributed by atoms with Gasteiger partial charge in [-0.15, -0.1) is 0 Å². The molecular formula is C14H15ClFN3O3. The van der Waals surface area contributed by atoms with Gasteiger partial charge >= 0.3 is 6.03 Å². The number of carbonyl (C=O) groups is 3. The number of halogens is 2. The molecule has 1 aliphatic rings. The molecule has 8 heteroatoms. The standard InChI is InChI=1S/C14H15ClFN3O3/c1-2-3-11-13(21)19(14(22)18-11)7-12(20)17-8-4-5-10(16)9(15)6-8/h4-6,11H,2-3,7H2,1H3,(H,17,20)(H,18,22)/t11-/m1/s1. The van der Waals surface area contributed by atoms with Gasteiger partial charge in [-0.05, 0) is 24.6 Å². The summed E-state index contributed by atoms with van der Waals surface area (Å²) in [4.78, 5) is 36.4. The van der Waals surface area contributed by atoms with Crippen LogP contribution in [0.5, 0.6) is 0 Å². The first-order chi connectivity index (χ1) is 10.4. The van der Waals surface area contributed by atoms with Crippen LogP contribution in [0.15, 0.2) is 18.2 Å². The van der Waals surface area contributed by atoms with E-state index in [1.54, 1.807) is 0 Å². The van der Waals surface area contributed by atoms with Gasteiger partial charge < -0.3 is 10.6 Å². The van der Waals surface area contributed by atoms with E-state index in [4.69, 9.17) is 11.6 Å². The van der Waals surface area contributed by atoms with Crippen LogP contribution in [-0.2, 0) is 9.59 Å². The molecule has 118 valence electrons. The second-order valence-corrected chi connectivity index (χ2v) is 5.30. The highest BCUT2D eigenvalue weighted by molar-refractivity contribution is 6.31. The summed E-state index contributed by atoms with van der Waals surface area (Å²) < 4.78 is 13.0. The van der Waals surface area contributed by atoms with Crippen molar-refractivity contribution in [3.8, 4) is 0 Å². The van der Waals surface area contributed by atoms with E-state index in [1.165, 1.54) is 12.1 Å². The minimum absolute atomic E-state index is 0.129. The maximum Gasteiger partial charge on any atom is 0.325 e. The Hall–Kier alpha value is -2.15. The molecule has 0 aliphatic carbocycles. The summed E-state index contributed by atoms with van der Waals surface area (Å²) in [6.07, 6.45) is 1.26. The summed E-state index contributed by atoms with van der Waals surface area (Å²) in [6, 6.07) is 2.54. The van der Waals surface area contributed by atoms with Crippen LogP contribution in [0.3, 0.4) is 0 Å². The van der Waals surface area contributed by atoms with E-state index in [-0.39, 0.29) is 10.7 Å². The highest BCUT2D eigenvalue weighted by atomic mass is 35.5. The number of hydrogen-bond donors (Lipinski definition) is 2. The highest BCUT2D eigenvalue weighted by Gasteiger charge is 2.38. The fourth-order valence-corrected chi connectivity index (χ4v) is 2.31. The molecule has 1 heterocycles. The Kier molecular flexibility index (Phi) is 4.97. The molecule has 1 aromatic rings. The number of nitrogens with one attached hydrogen (secondary N) is 2. The summed E-state index contributed by atoms with van der Waals surface area (Å²) in [5.74, 6) is -1.58. The zero-order chi connectivity index (χ0) is 16.3. The highest BCUT2D eigenvalue weighted by Crippen LogP contribution is 2.19. The van der Waals surface area contributed by atoms with Crippen molar-refractivity contribution in [1.29, 1.82) is 0 Å². The number of nitrogens with zero attached hydrogens (tertiary/aromatic N) is 1. The number of anilines is 1. The van der Waals surface area contributed by atoms with Crippen LogP contribution in [0, 0.1) is 5.82 Å². The molecule has 1 aliphatic heterocycles. The predicted molar refractivity (Wildman–Crippen MR) is 79.0 cm³/mol. The third-order valence-electron chi connectivity index (χ3n) is 3.19. The number of imide groups is 1. The molecular weight excluding hydrogens is 313 g/mol. The lowest BCUT2D eigenvalue weighted by molar-refractivity contribution is -0.130. The fourth-order valence-electron chi connectivity index (χ4n) is 2.13. The fraction of sp³-hybridized carbons (Fsp3) is 0.357. The maximum atomic E-state index is 13.0. The average molecular weight is 328 g/mol. The number of urea groups is 1. The Labute approximate surface area is 131 Å². The lowest BCUT2D eigenvalue weighted by Crippen LogP contribution is -2.38. The summed E-state index contributed by atoms with van der Waals surface area (Å²) >= 11 is 5.61. The van der Waals surface area contributed by atoms with Gasteiger partial charge in [0.05, 0.1) is 5.02 Å². The molecule has 1 saturated heterocycles. The number of benzene rings is 1. The van der Waals surface area contributed by atoms with Crippen molar-refractivity contribution in [1.82, 2.24) is 10.2 Å². The van der Waals surface area contributed by atoms with Gasteiger partial charge in [0.25, 0.3) is 5.91 Å². The van der Waals surface area contributed by atoms with Crippen LogP contribution in [0.25, 0.3) is 0 Å². The van der Waals surface area contributed by atoms with E-state index in [9.17, 15) is 18.8 Å². The Bertz CT molecular complexity index is 623. The van der Waals surface area contributed by atoms with Gasteiger partial charge in [0.15, 0.2) is 0 Å². The summed E-state index contributed by atoms with van der Waals surface area (Å²) in [7, 11) is 0. The number of rotatable bonds is 5. The van der Waals surface area contributed by atoms with Gasteiger partial charge in [-0.2, -0.15) is 0 Å². The average Bonchev–Trinajstić information content (AvgIpc) is 2.71. The number of hydrogen-bond acceptors (Lipinski definition) is 3. The molecule has 0 saturated carbocycles. The van der Waals surface area contributed by atoms with Crippen LogP contribution in [0.4, 0.5) is 14.9 Å². The van der Waals surface area contributed by atoms with E-state index in [0.29, 0.717) is 6.42 Å². The van der Waals surface area contributed by atoms with Gasteiger partial charge in [-0.3, -0.25) is 14.5 Å². The van der Waals surface area contributed by atoms with E-state index in [2.05, 4.69) is 10.6 Å². The second-order valence-electron chi connectivity index (χ2n) is 4.89.